The zero-order valence-electron chi connectivity index (χ0n) is 13.1. The standard InChI is InChI=1S/C16H16N4O2S2/c1-17-24(21,22)14-4-2-3-11-9-20(7-5-12(11)14)16-15-13(6-8-23-15)18-10-19-16/h2-4,6,8,10,17H,5,7,9H2,1H3. The van der Waals surface area contributed by atoms with E-state index in [1.165, 1.54) is 7.05 Å². The fourth-order valence-electron chi connectivity index (χ4n) is 3.12. The van der Waals surface area contributed by atoms with E-state index in [1.807, 2.05) is 17.5 Å². The van der Waals surface area contributed by atoms with Crippen LogP contribution in [0.3, 0.4) is 0 Å². The lowest BCUT2D eigenvalue weighted by Crippen LogP contribution is -2.33. The SMILES string of the molecule is CNS(=O)(=O)c1cccc2c1CCN(c1ncnc3ccsc13)C2. The van der Waals surface area contributed by atoms with Crippen LogP contribution in [0.2, 0.25) is 0 Å². The average molecular weight is 360 g/mol. The molecule has 0 bridgehead atoms. The van der Waals surface area contributed by atoms with Crippen LogP contribution in [0, 0.1) is 0 Å². The third-order valence-electron chi connectivity index (χ3n) is 4.31. The highest BCUT2D eigenvalue weighted by Gasteiger charge is 2.25. The summed E-state index contributed by atoms with van der Waals surface area (Å²) < 4.78 is 27.9. The quantitative estimate of drug-likeness (QED) is 0.775. The van der Waals surface area contributed by atoms with Crippen LogP contribution in [0.4, 0.5) is 5.82 Å². The molecular formula is C16H16N4O2S2. The van der Waals surface area contributed by atoms with Gasteiger partial charge in [0.2, 0.25) is 10.0 Å². The Labute approximate surface area is 144 Å². The molecule has 0 unspecified atom stereocenters. The molecule has 3 aromatic rings. The lowest BCUT2D eigenvalue weighted by Gasteiger charge is -2.31. The fraction of sp³-hybridized carbons (Fsp3) is 0.250. The zero-order chi connectivity index (χ0) is 16.7. The first kappa shape index (κ1) is 15.5. The Morgan fingerprint density at radius 2 is 2.12 bits per heavy atom. The highest BCUT2D eigenvalue weighted by molar-refractivity contribution is 7.89. The summed E-state index contributed by atoms with van der Waals surface area (Å²) in [5.41, 5.74) is 2.88. The number of benzene rings is 1. The highest BCUT2D eigenvalue weighted by atomic mass is 32.2. The van der Waals surface area contributed by atoms with Crippen LogP contribution in [-0.4, -0.2) is 32.0 Å². The molecule has 1 aliphatic heterocycles. The van der Waals surface area contributed by atoms with Crippen molar-refractivity contribution in [1.29, 1.82) is 0 Å². The number of thiophene rings is 1. The maximum atomic E-state index is 12.2. The van der Waals surface area contributed by atoms with Gasteiger partial charge >= 0.3 is 0 Å². The van der Waals surface area contributed by atoms with E-state index in [1.54, 1.807) is 29.8 Å². The Morgan fingerprint density at radius 3 is 2.96 bits per heavy atom. The van der Waals surface area contributed by atoms with E-state index in [0.717, 1.165) is 33.7 Å². The third-order valence-corrected chi connectivity index (χ3v) is 6.70. The van der Waals surface area contributed by atoms with Crippen molar-refractivity contribution in [2.24, 2.45) is 0 Å². The summed E-state index contributed by atoms with van der Waals surface area (Å²) in [7, 11) is -2.00. The monoisotopic (exact) mass is 360 g/mol. The number of nitrogens with one attached hydrogen (secondary N) is 1. The molecule has 0 radical (unpaired) electrons. The van der Waals surface area contributed by atoms with Gasteiger partial charge in [-0.1, -0.05) is 12.1 Å². The molecule has 24 heavy (non-hydrogen) atoms. The second-order valence-corrected chi connectivity index (χ2v) is 8.38. The number of rotatable bonds is 3. The van der Waals surface area contributed by atoms with Crippen molar-refractivity contribution in [1.82, 2.24) is 14.7 Å². The first-order valence-electron chi connectivity index (χ1n) is 7.57. The number of hydrogen-bond donors (Lipinski definition) is 1. The maximum absolute atomic E-state index is 12.2. The van der Waals surface area contributed by atoms with E-state index in [0.29, 0.717) is 17.9 Å². The second-order valence-electron chi connectivity index (χ2n) is 5.61. The smallest absolute Gasteiger partial charge is 0.240 e. The van der Waals surface area contributed by atoms with Crippen LogP contribution >= 0.6 is 11.3 Å². The van der Waals surface area contributed by atoms with E-state index in [9.17, 15) is 8.42 Å². The van der Waals surface area contributed by atoms with Gasteiger partial charge in [0.05, 0.1) is 15.1 Å². The molecule has 0 aliphatic carbocycles. The number of hydrogen-bond acceptors (Lipinski definition) is 6. The van der Waals surface area contributed by atoms with E-state index >= 15 is 0 Å². The first-order valence-corrected chi connectivity index (χ1v) is 9.94. The Morgan fingerprint density at radius 1 is 1.25 bits per heavy atom. The molecule has 1 N–H and O–H groups in total. The van der Waals surface area contributed by atoms with Gasteiger partial charge < -0.3 is 4.90 Å². The van der Waals surface area contributed by atoms with E-state index in [-0.39, 0.29) is 0 Å². The van der Waals surface area contributed by atoms with Crippen molar-refractivity contribution in [2.45, 2.75) is 17.9 Å². The molecule has 2 aromatic heterocycles. The average Bonchev–Trinajstić information content (AvgIpc) is 3.09. The van der Waals surface area contributed by atoms with Crippen LogP contribution in [0.15, 0.2) is 40.9 Å². The molecule has 1 aliphatic rings. The molecule has 0 atom stereocenters. The summed E-state index contributed by atoms with van der Waals surface area (Å²) in [5.74, 6) is 0.919. The van der Waals surface area contributed by atoms with Gasteiger partial charge in [-0.3, -0.25) is 0 Å². The third kappa shape index (κ3) is 2.47. The Bertz CT molecular complexity index is 1010. The number of nitrogens with zero attached hydrogens (tertiary/aromatic N) is 3. The minimum absolute atomic E-state index is 0.381. The lowest BCUT2D eigenvalue weighted by atomic mass is 10.00. The molecule has 0 saturated carbocycles. The second kappa shape index (κ2) is 5.80. The predicted octanol–water partition coefficient (Wildman–Crippen LogP) is 2.16. The topological polar surface area (TPSA) is 75.2 Å². The van der Waals surface area contributed by atoms with Gasteiger partial charge in [0.25, 0.3) is 0 Å². The van der Waals surface area contributed by atoms with Crippen molar-refractivity contribution in [2.75, 3.05) is 18.5 Å². The van der Waals surface area contributed by atoms with E-state index < -0.39 is 10.0 Å². The normalized spacial score (nSPS) is 14.8. The Kier molecular flexibility index (Phi) is 3.75. The summed E-state index contributed by atoms with van der Waals surface area (Å²) in [4.78, 5) is 11.3. The van der Waals surface area contributed by atoms with Gasteiger partial charge in [0.1, 0.15) is 12.1 Å². The summed E-state index contributed by atoms with van der Waals surface area (Å²) in [6.45, 7) is 1.37. The van der Waals surface area contributed by atoms with Gasteiger partial charge in [-0.15, -0.1) is 11.3 Å². The number of sulfonamides is 1. The molecule has 0 spiro atoms. The Balaban J connectivity index is 1.75. The first-order chi connectivity index (χ1) is 11.6. The molecule has 0 saturated heterocycles. The maximum Gasteiger partial charge on any atom is 0.240 e. The summed E-state index contributed by atoms with van der Waals surface area (Å²) >= 11 is 1.63. The largest absolute Gasteiger partial charge is 0.351 e. The molecule has 3 heterocycles. The number of fused-ring (bicyclic) bond motifs is 2. The van der Waals surface area contributed by atoms with Crippen LogP contribution in [0.1, 0.15) is 11.1 Å². The van der Waals surface area contributed by atoms with Gasteiger partial charge in [-0.05, 0) is 42.1 Å². The highest BCUT2D eigenvalue weighted by Crippen LogP contribution is 2.32. The molecule has 6 nitrogen and oxygen atoms in total. The molecule has 124 valence electrons. The minimum Gasteiger partial charge on any atom is -0.351 e. The lowest BCUT2D eigenvalue weighted by molar-refractivity contribution is 0.585. The molecule has 8 heteroatoms. The van der Waals surface area contributed by atoms with Crippen LogP contribution in [0.5, 0.6) is 0 Å². The van der Waals surface area contributed by atoms with Crippen molar-refractivity contribution < 1.29 is 8.42 Å². The van der Waals surface area contributed by atoms with Crippen molar-refractivity contribution in [3.8, 4) is 0 Å². The molecule has 0 fully saturated rings. The molecular weight excluding hydrogens is 344 g/mol. The van der Waals surface area contributed by atoms with Crippen molar-refractivity contribution >= 4 is 37.4 Å². The summed E-state index contributed by atoms with van der Waals surface area (Å²) in [6.07, 6.45) is 2.26. The van der Waals surface area contributed by atoms with Crippen LogP contribution in [-0.2, 0) is 23.0 Å². The van der Waals surface area contributed by atoms with Gasteiger partial charge in [-0.25, -0.2) is 23.1 Å². The fourth-order valence-corrected chi connectivity index (χ4v) is 5.01. The minimum atomic E-state index is -3.44. The predicted molar refractivity (Wildman–Crippen MR) is 94.9 cm³/mol. The summed E-state index contributed by atoms with van der Waals surface area (Å²) in [6, 6.07) is 7.44. The molecule has 4 rings (SSSR count). The van der Waals surface area contributed by atoms with Gasteiger partial charge in [-0.2, -0.15) is 0 Å². The summed E-state index contributed by atoms with van der Waals surface area (Å²) in [5, 5.41) is 2.01. The van der Waals surface area contributed by atoms with E-state index in [4.69, 9.17) is 0 Å². The van der Waals surface area contributed by atoms with Crippen molar-refractivity contribution in [3.05, 3.63) is 47.1 Å². The zero-order valence-corrected chi connectivity index (χ0v) is 14.7. The van der Waals surface area contributed by atoms with Crippen LogP contribution < -0.4 is 9.62 Å². The Hall–Kier alpha value is -2.03. The van der Waals surface area contributed by atoms with Gasteiger partial charge in [0.15, 0.2) is 0 Å². The van der Waals surface area contributed by atoms with Crippen LogP contribution in [0.25, 0.3) is 10.2 Å². The molecule has 1 aromatic carbocycles. The number of anilines is 1. The number of aromatic nitrogens is 2. The molecule has 0 amide bonds. The van der Waals surface area contributed by atoms with Gasteiger partial charge in [0, 0.05) is 13.1 Å². The van der Waals surface area contributed by atoms with E-state index in [2.05, 4.69) is 19.6 Å². The van der Waals surface area contributed by atoms with Crippen molar-refractivity contribution in [3.63, 3.8) is 0 Å².